The van der Waals surface area contributed by atoms with Gasteiger partial charge in [-0.05, 0) is 24.0 Å². The zero-order valence-electron chi connectivity index (χ0n) is 10.9. The summed E-state index contributed by atoms with van der Waals surface area (Å²) in [6, 6.07) is 8.87. The number of hydrogen-bond acceptors (Lipinski definition) is 3. The van der Waals surface area contributed by atoms with Crippen LogP contribution in [0.25, 0.3) is 0 Å². The van der Waals surface area contributed by atoms with E-state index in [-0.39, 0.29) is 5.97 Å². The quantitative estimate of drug-likeness (QED) is 0.812. The maximum absolute atomic E-state index is 11.1. The Morgan fingerprint density at radius 1 is 1.22 bits per heavy atom. The molecule has 0 spiro atoms. The van der Waals surface area contributed by atoms with Crippen LogP contribution in [0, 0.1) is 0 Å². The molecule has 98 valence electrons. The predicted molar refractivity (Wildman–Crippen MR) is 71.3 cm³/mol. The molecule has 0 unspecified atom stereocenters. The van der Waals surface area contributed by atoms with Crippen molar-refractivity contribution in [1.82, 2.24) is 5.32 Å². The summed E-state index contributed by atoms with van der Waals surface area (Å²) in [5, 5.41) is 3.58. The molecule has 3 heteroatoms. The van der Waals surface area contributed by atoms with Crippen molar-refractivity contribution < 1.29 is 9.53 Å². The van der Waals surface area contributed by atoms with Gasteiger partial charge in [0.25, 0.3) is 0 Å². The van der Waals surface area contributed by atoms with Gasteiger partial charge in [0, 0.05) is 12.6 Å². The molecule has 1 aliphatic carbocycles. The van der Waals surface area contributed by atoms with Crippen LogP contribution in [-0.2, 0) is 22.5 Å². The van der Waals surface area contributed by atoms with Gasteiger partial charge in [-0.3, -0.25) is 4.79 Å². The van der Waals surface area contributed by atoms with E-state index in [1.54, 1.807) is 0 Å². The van der Waals surface area contributed by atoms with E-state index in [4.69, 9.17) is 0 Å². The number of carbonyl (C=O) groups excluding carboxylic acids is 1. The van der Waals surface area contributed by atoms with Gasteiger partial charge in [0.15, 0.2) is 0 Å². The largest absolute Gasteiger partial charge is 0.469 e. The third kappa shape index (κ3) is 3.84. The monoisotopic (exact) mass is 247 g/mol. The van der Waals surface area contributed by atoms with Crippen molar-refractivity contribution in [2.24, 2.45) is 0 Å². The third-order valence-corrected chi connectivity index (χ3v) is 3.55. The summed E-state index contributed by atoms with van der Waals surface area (Å²) in [7, 11) is 1.42. The van der Waals surface area contributed by atoms with E-state index in [0.717, 1.165) is 12.1 Å². The SMILES string of the molecule is COC(=O)Cc1ccc(CNC2CCCC2)cc1. The standard InChI is InChI=1S/C15H21NO2/c1-18-15(17)10-12-6-8-13(9-7-12)11-16-14-4-2-3-5-14/h6-9,14,16H,2-5,10-11H2,1H3. The molecular weight excluding hydrogens is 226 g/mol. The molecule has 0 heterocycles. The number of benzene rings is 1. The first-order chi connectivity index (χ1) is 8.78. The molecule has 1 fully saturated rings. The van der Waals surface area contributed by atoms with Crippen LogP contribution in [0.3, 0.4) is 0 Å². The van der Waals surface area contributed by atoms with Crippen molar-refractivity contribution in [2.45, 2.75) is 44.7 Å². The van der Waals surface area contributed by atoms with Crippen LogP contribution < -0.4 is 5.32 Å². The van der Waals surface area contributed by atoms with Crippen LogP contribution in [0.1, 0.15) is 36.8 Å². The van der Waals surface area contributed by atoms with E-state index >= 15 is 0 Å². The van der Waals surface area contributed by atoms with Gasteiger partial charge in [-0.25, -0.2) is 0 Å². The molecule has 1 N–H and O–H groups in total. The average molecular weight is 247 g/mol. The number of ether oxygens (including phenoxy) is 1. The lowest BCUT2D eigenvalue weighted by atomic mass is 10.1. The Balaban J connectivity index is 1.81. The van der Waals surface area contributed by atoms with Crippen molar-refractivity contribution in [3.8, 4) is 0 Å². The number of hydrogen-bond donors (Lipinski definition) is 1. The van der Waals surface area contributed by atoms with Crippen molar-refractivity contribution in [1.29, 1.82) is 0 Å². The van der Waals surface area contributed by atoms with Gasteiger partial charge in [0.05, 0.1) is 13.5 Å². The summed E-state index contributed by atoms with van der Waals surface area (Å²) < 4.78 is 4.65. The summed E-state index contributed by atoms with van der Waals surface area (Å²) in [6.45, 7) is 0.920. The molecular formula is C15H21NO2. The van der Waals surface area contributed by atoms with Gasteiger partial charge in [0.1, 0.15) is 0 Å². The molecule has 0 aliphatic heterocycles. The van der Waals surface area contributed by atoms with Gasteiger partial charge in [-0.1, -0.05) is 37.1 Å². The minimum Gasteiger partial charge on any atom is -0.469 e. The van der Waals surface area contributed by atoms with Gasteiger partial charge in [-0.15, -0.1) is 0 Å². The highest BCUT2D eigenvalue weighted by atomic mass is 16.5. The highest BCUT2D eigenvalue weighted by molar-refractivity contribution is 5.72. The van der Waals surface area contributed by atoms with Crippen LogP contribution in [0.15, 0.2) is 24.3 Å². The highest BCUT2D eigenvalue weighted by Gasteiger charge is 2.13. The second-order valence-corrected chi connectivity index (χ2v) is 4.93. The molecule has 0 aromatic heterocycles. The molecule has 1 aliphatic rings. The fourth-order valence-corrected chi connectivity index (χ4v) is 2.41. The normalized spacial score (nSPS) is 15.8. The van der Waals surface area contributed by atoms with Crippen molar-refractivity contribution in [2.75, 3.05) is 7.11 Å². The number of carbonyl (C=O) groups is 1. The summed E-state index contributed by atoms with van der Waals surface area (Å²) in [6.07, 6.45) is 5.68. The first-order valence-electron chi connectivity index (χ1n) is 6.66. The number of esters is 1. The summed E-state index contributed by atoms with van der Waals surface area (Å²) in [4.78, 5) is 11.1. The Morgan fingerprint density at radius 3 is 2.44 bits per heavy atom. The Morgan fingerprint density at radius 2 is 1.83 bits per heavy atom. The molecule has 2 rings (SSSR count). The van der Waals surface area contributed by atoms with E-state index in [1.165, 1.54) is 38.4 Å². The molecule has 18 heavy (non-hydrogen) atoms. The minimum absolute atomic E-state index is 0.188. The van der Waals surface area contributed by atoms with Crippen LogP contribution in [-0.4, -0.2) is 19.1 Å². The summed E-state index contributed by atoms with van der Waals surface area (Å²) in [5.41, 5.74) is 2.28. The highest BCUT2D eigenvalue weighted by Crippen LogP contribution is 2.18. The zero-order chi connectivity index (χ0) is 12.8. The molecule has 0 radical (unpaired) electrons. The van der Waals surface area contributed by atoms with E-state index in [2.05, 4.69) is 22.2 Å². The van der Waals surface area contributed by atoms with E-state index in [9.17, 15) is 4.79 Å². The Bertz CT molecular complexity index is 380. The lowest BCUT2D eigenvalue weighted by molar-refractivity contribution is -0.139. The van der Waals surface area contributed by atoms with Gasteiger partial charge in [-0.2, -0.15) is 0 Å². The molecule has 1 saturated carbocycles. The third-order valence-electron chi connectivity index (χ3n) is 3.55. The lowest BCUT2D eigenvalue weighted by Gasteiger charge is -2.11. The predicted octanol–water partition coefficient (Wildman–Crippen LogP) is 2.43. The molecule has 3 nitrogen and oxygen atoms in total. The average Bonchev–Trinajstić information content (AvgIpc) is 2.91. The molecule has 0 saturated heterocycles. The molecule has 0 amide bonds. The van der Waals surface area contributed by atoms with Crippen molar-refractivity contribution >= 4 is 5.97 Å². The minimum atomic E-state index is -0.188. The maximum Gasteiger partial charge on any atom is 0.309 e. The van der Waals surface area contributed by atoms with Crippen molar-refractivity contribution in [3.63, 3.8) is 0 Å². The maximum atomic E-state index is 11.1. The number of rotatable bonds is 5. The Hall–Kier alpha value is -1.35. The van der Waals surface area contributed by atoms with E-state index < -0.39 is 0 Å². The molecule has 1 aromatic rings. The number of methoxy groups -OCH3 is 1. The summed E-state index contributed by atoms with van der Waals surface area (Å²) >= 11 is 0. The zero-order valence-corrected chi connectivity index (χ0v) is 10.9. The van der Waals surface area contributed by atoms with Gasteiger partial charge >= 0.3 is 5.97 Å². The fourth-order valence-electron chi connectivity index (χ4n) is 2.41. The molecule has 1 aromatic carbocycles. The van der Waals surface area contributed by atoms with Crippen LogP contribution in [0.4, 0.5) is 0 Å². The van der Waals surface area contributed by atoms with E-state index in [0.29, 0.717) is 12.5 Å². The topological polar surface area (TPSA) is 38.3 Å². The fraction of sp³-hybridized carbons (Fsp3) is 0.533. The lowest BCUT2D eigenvalue weighted by Crippen LogP contribution is -2.25. The van der Waals surface area contributed by atoms with Crippen LogP contribution >= 0.6 is 0 Å². The molecule has 0 atom stereocenters. The second kappa shape index (κ2) is 6.55. The Kier molecular flexibility index (Phi) is 4.76. The first kappa shape index (κ1) is 13.1. The van der Waals surface area contributed by atoms with Gasteiger partial charge < -0.3 is 10.1 Å². The molecule has 0 bridgehead atoms. The Labute approximate surface area is 109 Å². The summed E-state index contributed by atoms with van der Waals surface area (Å²) in [5.74, 6) is -0.188. The second-order valence-electron chi connectivity index (χ2n) is 4.93. The van der Waals surface area contributed by atoms with E-state index in [1.807, 2.05) is 12.1 Å². The van der Waals surface area contributed by atoms with Crippen LogP contribution in [0.5, 0.6) is 0 Å². The number of nitrogens with one attached hydrogen (secondary N) is 1. The van der Waals surface area contributed by atoms with Crippen molar-refractivity contribution in [3.05, 3.63) is 35.4 Å². The van der Waals surface area contributed by atoms with Gasteiger partial charge in [0.2, 0.25) is 0 Å². The van der Waals surface area contributed by atoms with Crippen LogP contribution in [0.2, 0.25) is 0 Å². The smallest absolute Gasteiger partial charge is 0.309 e. The first-order valence-corrected chi connectivity index (χ1v) is 6.66.